The maximum absolute atomic E-state index is 12.8. The van der Waals surface area contributed by atoms with Crippen LogP contribution >= 0.6 is 11.3 Å². The van der Waals surface area contributed by atoms with Crippen LogP contribution in [0.2, 0.25) is 0 Å². The van der Waals surface area contributed by atoms with Gasteiger partial charge in [-0.05, 0) is 38.5 Å². The SMILES string of the molecule is Cc1nc(-c2c(C)c(C)nn(C)c2=O)sc1C(=O)Nc1ccc2c(c1)OCO2. The number of rotatable bonds is 3. The third-order valence-electron chi connectivity index (χ3n) is 4.57. The van der Waals surface area contributed by atoms with Gasteiger partial charge in [0.2, 0.25) is 6.79 Å². The zero-order valence-corrected chi connectivity index (χ0v) is 16.6. The zero-order valence-electron chi connectivity index (χ0n) is 15.8. The lowest BCUT2D eigenvalue weighted by atomic mass is 10.1. The number of thiazole rings is 1. The molecule has 9 heteroatoms. The number of amides is 1. The molecule has 3 aromatic rings. The van der Waals surface area contributed by atoms with E-state index in [0.29, 0.717) is 38.3 Å². The van der Waals surface area contributed by atoms with E-state index in [1.165, 1.54) is 16.0 Å². The smallest absolute Gasteiger partial charge is 0.277 e. The number of nitrogens with zero attached hydrogens (tertiary/aromatic N) is 3. The Morgan fingerprint density at radius 1 is 1.18 bits per heavy atom. The standard InChI is InChI=1S/C19H18N4O4S/c1-9-10(2)22-23(4)19(25)15(9)18-20-11(3)16(28-18)17(24)21-12-5-6-13-14(7-12)27-8-26-13/h5-7H,8H2,1-4H3,(H,21,24). The van der Waals surface area contributed by atoms with Crippen LogP contribution in [0.15, 0.2) is 23.0 Å². The molecule has 1 aliphatic heterocycles. The normalized spacial score (nSPS) is 12.3. The summed E-state index contributed by atoms with van der Waals surface area (Å²) in [5.74, 6) is 0.944. The van der Waals surface area contributed by atoms with Gasteiger partial charge < -0.3 is 14.8 Å². The number of anilines is 1. The van der Waals surface area contributed by atoms with Crippen molar-refractivity contribution in [3.05, 3.63) is 50.4 Å². The molecule has 4 rings (SSSR count). The molecule has 8 nitrogen and oxygen atoms in total. The molecule has 0 radical (unpaired) electrons. The topological polar surface area (TPSA) is 95.3 Å². The Labute approximate surface area is 164 Å². The Bertz CT molecular complexity index is 1170. The summed E-state index contributed by atoms with van der Waals surface area (Å²) in [7, 11) is 1.60. The number of aromatic nitrogens is 3. The van der Waals surface area contributed by atoms with Gasteiger partial charge in [-0.25, -0.2) is 9.67 Å². The van der Waals surface area contributed by atoms with E-state index < -0.39 is 0 Å². The van der Waals surface area contributed by atoms with Crippen LogP contribution in [-0.4, -0.2) is 27.5 Å². The van der Waals surface area contributed by atoms with E-state index in [1.54, 1.807) is 32.2 Å². The Hall–Kier alpha value is -3.20. The molecule has 0 spiro atoms. The molecule has 3 heterocycles. The van der Waals surface area contributed by atoms with Crippen molar-refractivity contribution in [1.82, 2.24) is 14.8 Å². The van der Waals surface area contributed by atoms with Gasteiger partial charge in [-0.3, -0.25) is 9.59 Å². The number of hydrogen-bond acceptors (Lipinski definition) is 7. The lowest BCUT2D eigenvalue weighted by molar-refractivity contribution is 0.103. The van der Waals surface area contributed by atoms with Gasteiger partial charge in [0.15, 0.2) is 11.5 Å². The van der Waals surface area contributed by atoms with Gasteiger partial charge >= 0.3 is 0 Å². The number of carbonyl (C=O) groups excluding carboxylic acids is 1. The predicted octanol–water partition coefficient (Wildman–Crippen LogP) is 2.81. The first-order valence-electron chi connectivity index (χ1n) is 8.58. The maximum Gasteiger partial charge on any atom is 0.277 e. The highest BCUT2D eigenvalue weighted by Crippen LogP contribution is 2.35. The van der Waals surface area contributed by atoms with Crippen molar-refractivity contribution in [3.8, 4) is 22.1 Å². The number of nitrogens with one attached hydrogen (secondary N) is 1. The van der Waals surface area contributed by atoms with Crippen molar-refractivity contribution in [2.45, 2.75) is 20.8 Å². The van der Waals surface area contributed by atoms with Gasteiger partial charge in [0, 0.05) is 18.8 Å². The van der Waals surface area contributed by atoms with Gasteiger partial charge in [0.25, 0.3) is 11.5 Å². The second kappa shape index (κ2) is 6.75. The quantitative estimate of drug-likeness (QED) is 0.729. The summed E-state index contributed by atoms with van der Waals surface area (Å²) < 4.78 is 11.9. The first-order chi connectivity index (χ1) is 13.3. The molecular formula is C19H18N4O4S. The van der Waals surface area contributed by atoms with Crippen LogP contribution in [0.3, 0.4) is 0 Å². The van der Waals surface area contributed by atoms with Gasteiger partial charge in [-0.15, -0.1) is 11.3 Å². The van der Waals surface area contributed by atoms with Crippen LogP contribution in [0, 0.1) is 20.8 Å². The molecule has 0 saturated carbocycles. The highest BCUT2D eigenvalue weighted by Gasteiger charge is 2.22. The molecule has 0 bridgehead atoms. The van der Waals surface area contributed by atoms with E-state index >= 15 is 0 Å². The highest BCUT2D eigenvalue weighted by atomic mass is 32.1. The Kier molecular flexibility index (Phi) is 4.38. The van der Waals surface area contributed by atoms with Crippen LogP contribution in [0.4, 0.5) is 5.69 Å². The summed E-state index contributed by atoms with van der Waals surface area (Å²) in [5.41, 5.74) is 2.91. The molecule has 144 valence electrons. The highest BCUT2D eigenvalue weighted by molar-refractivity contribution is 7.17. The van der Waals surface area contributed by atoms with E-state index in [-0.39, 0.29) is 18.3 Å². The summed E-state index contributed by atoms with van der Waals surface area (Å²) in [4.78, 5) is 30.3. The minimum Gasteiger partial charge on any atom is -0.454 e. The van der Waals surface area contributed by atoms with Gasteiger partial charge in [0.1, 0.15) is 9.88 Å². The molecule has 2 aromatic heterocycles. The van der Waals surface area contributed by atoms with Gasteiger partial charge in [0.05, 0.1) is 17.0 Å². The Balaban J connectivity index is 1.67. The number of aryl methyl sites for hydroxylation is 3. The fourth-order valence-electron chi connectivity index (χ4n) is 2.98. The lowest BCUT2D eigenvalue weighted by Crippen LogP contribution is -2.23. The third kappa shape index (κ3) is 3.03. The second-order valence-corrected chi connectivity index (χ2v) is 7.47. The number of carbonyl (C=O) groups is 1. The minimum absolute atomic E-state index is 0.170. The first kappa shape index (κ1) is 18.2. The average Bonchev–Trinajstić information content (AvgIpc) is 3.26. The number of ether oxygens (including phenoxy) is 2. The van der Waals surface area contributed by atoms with Crippen LogP contribution in [0.5, 0.6) is 11.5 Å². The zero-order chi connectivity index (χ0) is 20.0. The predicted molar refractivity (Wildman–Crippen MR) is 105 cm³/mol. The van der Waals surface area contributed by atoms with E-state index in [9.17, 15) is 9.59 Å². The summed E-state index contributed by atoms with van der Waals surface area (Å²) in [6, 6.07) is 5.20. The maximum atomic E-state index is 12.8. The number of benzene rings is 1. The molecular weight excluding hydrogens is 380 g/mol. The van der Waals surface area contributed by atoms with Crippen molar-refractivity contribution in [2.75, 3.05) is 12.1 Å². The average molecular weight is 398 g/mol. The lowest BCUT2D eigenvalue weighted by Gasteiger charge is -2.07. The minimum atomic E-state index is -0.291. The van der Waals surface area contributed by atoms with Crippen molar-refractivity contribution >= 4 is 22.9 Å². The van der Waals surface area contributed by atoms with E-state index in [4.69, 9.17) is 9.47 Å². The Morgan fingerprint density at radius 2 is 1.93 bits per heavy atom. The van der Waals surface area contributed by atoms with Crippen molar-refractivity contribution in [2.24, 2.45) is 7.05 Å². The Morgan fingerprint density at radius 3 is 2.71 bits per heavy atom. The third-order valence-corrected chi connectivity index (χ3v) is 5.75. The van der Waals surface area contributed by atoms with E-state index in [1.807, 2.05) is 13.8 Å². The van der Waals surface area contributed by atoms with Crippen molar-refractivity contribution in [3.63, 3.8) is 0 Å². The fourth-order valence-corrected chi connectivity index (χ4v) is 4.03. The molecule has 1 aliphatic rings. The van der Waals surface area contributed by atoms with Gasteiger partial charge in [-0.2, -0.15) is 5.10 Å². The van der Waals surface area contributed by atoms with E-state index in [2.05, 4.69) is 15.4 Å². The van der Waals surface area contributed by atoms with Crippen LogP contribution in [0.25, 0.3) is 10.6 Å². The molecule has 1 N–H and O–H groups in total. The monoisotopic (exact) mass is 398 g/mol. The number of fused-ring (bicyclic) bond motifs is 1. The molecule has 0 unspecified atom stereocenters. The summed E-state index contributed by atoms with van der Waals surface area (Å²) in [6.07, 6.45) is 0. The summed E-state index contributed by atoms with van der Waals surface area (Å²) in [6.45, 7) is 5.60. The molecule has 0 fully saturated rings. The van der Waals surface area contributed by atoms with Crippen LogP contribution in [0.1, 0.15) is 26.6 Å². The molecule has 1 amide bonds. The second-order valence-electron chi connectivity index (χ2n) is 6.47. The summed E-state index contributed by atoms with van der Waals surface area (Å²) >= 11 is 1.19. The molecule has 1 aromatic carbocycles. The van der Waals surface area contributed by atoms with Gasteiger partial charge in [-0.1, -0.05) is 0 Å². The molecule has 0 saturated heterocycles. The number of hydrogen-bond donors (Lipinski definition) is 1. The summed E-state index contributed by atoms with van der Waals surface area (Å²) in [5, 5.41) is 7.54. The van der Waals surface area contributed by atoms with E-state index in [0.717, 1.165) is 11.3 Å². The molecule has 0 aliphatic carbocycles. The fraction of sp³-hybridized carbons (Fsp3) is 0.263. The van der Waals surface area contributed by atoms with Crippen LogP contribution in [-0.2, 0) is 7.05 Å². The van der Waals surface area contributed by atoms with Crippen molar-refractivity contribution < 1.29 is 14.3 Å². The van der Waals surface area contributed by atoms with Crippen LogP contribution < -0.4 is 20.3 Å². The molecule has 0 atom stereocenters. The van der Waals surface area contributed by atoms with Crippen molar-refractivity contribution in [1.29, 1.82) is 0 Å². The molecule has 28 heavy (non-hydrogen) atoms. The first-order valence-corrected chi connectivity index (χ1v) is 9.40. The largest absolute Gasteiger partial charge is 0.454 e.